The summed E-state index contributed by atoms with van der Waals surface area (Å²) >= 11 is 0. The van der Waals surface area contributed by atoms with Gasteiger partial charge in [0.25, 0.3) is 0 Å². The molecule has 0 bridgehead atoms. The van der Waals surface area contributed by atoms with E-state index in [0.717, 1.165) is 0 Å². The van der Waals surface area contributed by atoms with Crippen LogP contribution in [0.25, 0.3) is 0 Å². The van der Waals surface area contributed by atoms with E-state index >= 15 is 0 Å². The van der Waals surface area contributed by atoms with Crippen LogP contribution in [0.1, 0.15) is 12.8 Å². The van der Waals surface area contributed by atoms with Crippen LogP contribution in [0.15, 0.2) is 0 Å². The van der Waals surface area contributed by atoms with E-state index in [9.17, 15) is 14.4 Å². The quantitative estimate of drug-likeness (QED) is 0.323. The Hall–Kier alpha value is -2.11. The Balaban J connectivity index is 4.33. The molecule has 0 spiro atoms. The highest BCUT2D eigenvalue weighted by atomic mass is 16.4. The standard InChI is InChI=1S/C10H14N2O6/c1-2-6(13)8(10(17)18)12-7(14)4-3-5(11)9(15)16/h1,5-6,8,13H,3-4,11H2,(H,12,14)(H,15,16)(H,17,18)/t5-,6+,8-/m0/s1. The van der Waals surface area contributed by atoms with Gasteiger partial charge in [-0.3, -0.25) is 9.59 Å². The molecule has 0 rings (SSSR count). The Kier molecular flexibility index (Phi) is 6.41. The summed E-state index contributed by atoms with van der Waals surface area (Å²) in [6.45, 7) is 0. The van der Waals surface area contributed by atoms with Crippen LogP contribution < -0.4 is 11.1 Å². The molecule has 0 unspecified atom stereocenters. The summed E-state index contributed by atoms with van der Waals surface area (Å²) in [5.41, 5.74) is 5.16. The van der Waals surface area contributed by atoms with Crippen molar-refractivity contribution >= 4 is 17.8 Å². The molecule has 0 radical (unpaired) electrons. The van der Waals surface area contributed by atoms with Crippen LogP contribution in [0.3, 0.4) is 0 Å². The fourth-order valence-electron chi connectivity index (χ4n) is 1.03. The molecule has 0 saturated carbocycles. The maximum atomic E-state index is 11.3. The number of carbonyl (C=O) groups is 3. The Morgan fingerprint density at radius 2 is 1.83 bits per heavy atom. The maximum absolute atomic E-state index is 11.3. The lowest BCUT2D eigenvalue weighted by Crippen LogP contribution is -2.48. The monoisotopic (exact) mass is 258 g/mol. The lowest BCUT2D eigenvalue weighted by atomic mass is 10.1. The van der Waals surface area contributed by atoms with Crippen LogP contribution in [-0.2, 0) is 14.4 Å². The zero-order valence-electron chi connectivity index (χ0n) is 9.37. The summed E-state index contributed by atoms with van der Waals surface area (Å²) in [6, 6.07) is -2.85. The Morgan fingerprint density at radius 3 is 2.22 bits per heavy atom. The Morgan fingerprint density at radius 1 is 1.28 bits per heavy atom. The first-order valence-corrected chi connectivity index (χ1v) is 4.94. The van der Waals surface area contributed by atoms with Crippen LogP contribution in [-0.4, -0.2) is 51.4 Å². The molecule has 8 nitrogen and oxygen atoms in total. The number of amides is 1. The molecule has 0 aromatic carbocycles. The van der Waals surface area contributed by atoms with Crippen molar-refractivity contribution in [3.05, 3.63) is 0 Å². The number of hydrogen-bond donors (Lipinski definition) is 5. The first-order valence-electron chi connectivity index (χ1n) is 4.94. The molecule has 1 amide bonds. The molecule has 0 aromatic heterocycles. The first-order chi connectivity index (χ1) is 8.29. The zero-order chi connectivity index (χ0) is 14.3. The molecule has 100 valence electrons. The smallest absolute Gasteiger partial charge is 0.330 e. The summed E-state index contributed by atoms with van der Waals surface area (Å²) in [7, 11) is 0. The summed E-state index contributed by atoms with van der Waals surface area (Å²) in [5, 5.41) is 28.3. The highest BCUT2D eigenvalue weighted by Crippen LogP contribution is 1.98. The van der Waals surface area contributed by atoms with E-state index < -0.39 is 36.0 Å². The van der Waals surface area contributed by atoms with Crippen molar-refractivity contribution in [2.45, 2.75) is 31.0 Å². The number of aliphatic hydroxyl groups is 1. The van der Waals surface area contributed by atoms with Crippen molar-refractivity contribution in [1.82, 2.24) is 5.32 Å². The fourth-order valence-corrected chi connectivity index (χ4v) is 1.03. The molecule has 0 saturated heterocycles. The lowest BCUT2D eigenvalue weighted by molar-refractivity contribution is -0.144. The molecule has 8 heteroatoms. The average Bonchev–Trinajstić information content (AvgIpc) is 2.31. The predicted octanol–water partition coefficient (Wildman–Crippen LogP) is -2.26. The normalized spacial score (nSPS) is 14.9. The van der Waals surface area contributed by atoms with E-state index in [1.54, 1.807) is 5.92 Å². The number of carboxylic acid groups (broad SMARTS) is 2. The second kappa shape index (κ2) is 7.26. The van der Waals surface area contributed by atoms with Gasteiger partial charge in [0.2, 0.25) is 5.91 Å². The highest BCUT2D eigenvalue weighted by Gasteiger charge is 2.27. The van der Waals surface area contributed by atoms with Gasteiger partial charge in [-0.1, -0.05) is 5.92 Å². The molecule has 3 atom stereocenters. The molecule has 0 heterocycles. The molecule has 0 aliphatic heterocycles. The second-order valence-corrected chi connectivity index (χ2v) is 3.48. The van der Waals surface area contributed by atoms with E-state index in [4.69, 9.17) is 27.5 Å². The summed E-state index contributed by atoms with van der Waals surface area (Å²) < 4.78 is 0. The van der Waals surface area contributed by atoms with Crippen LogP contribution in [0, 0.1) is 12.3 Å². The predicted molar refractivity (Wildman–Crippen MR) is 59.3 cm³/mol. The molecule has 6 N–H and O–H groups in total. The molecular formula is C10H14N2O6. The fraction of sp³-hybridized carbons (Fsp3) is 0.500. The Bertz CT molecular complexity index is 375. The third-order valence-electron chi connectivity index (χ3n) is 2.07. The number of nitrogens with one attached hydrogen (secondary N) is 1. The van der Waals surface area contributed by atoms with Crippen molar-refractivity contribution in [3.8, 4) is 12.3 Å². The van der Waals surface area contributed by atoms with Gasteiger partial charge in [0.1, 0.15) is 12.1 Å². The van der Waals surface area contributed by atoms with Gasteiger partial charge >= 0.3 is 11.9 Å². The van der Waals surface area contributed by atoms with E-state index in [1.807, 2.05) is 5.32 Å². The van der Waals surface area contributed by atoms with E-state index in [0.29, 0.717) is 0 Å². The number of nitrogens with two attached hydrogens (primary N) is 1. The minimum atomic E-state index is -1.67. The number of carbonyl (C=O) groups excluding carboxylic acids is 1. The van der Waals surface area contributed by atoms with Crippen molar-refractivity contribution in [2.24, 2.45) is 5.73 Å². The van der Waals surface area contributed by atoms with E-state index in [1.165, 1.54) is 0 Å². The van der Waals surface area contributed by atoms with Crippen LogP contribution >= 0.6 is 0 Å². The SMILES string of the molecule is C#C[C@@H](O)[C@H](NC(=O)CC[C@H](N)C(=O)O)C(=O)O. The van der Waals surface area contributed by atoms with Crippen molar-refractivity contribution < 1.29 is 29.7 Å². The maximum Gasteiger partial charge on any atom is 0.330 e. The van der Waals surface area contributed by atoms with Gasteiger partial charge < -0.3 is 26.4 Å². The summed E-state index contributed by atoms with van der Waals surface area (Å²) in [6.07, 6.45) is 2.73. The van der Waals surface area contributed by atoms with Gasteiger partial charge in [-0.15, -0.1) is 6.42 Å². The minimum absolute atomic E-state index is 0.153. The number of aliphatic hydroxyl groups excluding tert-OH is 1. The van der Waals surface area contributed by atoms with Gasteiger partial charge in [-0.05, 0) is 6.42 Å². The summed E-state index contributed by atoms with van der Waals surface area (Å²) in [4.78, 5) is 32.4. The number of rotatable bonds is 7. The molecule has 0 aliphatic rings. The zero-order valence-corrected chi connectivity index (χ0v) is 9.37. The van der Waals surface area contributed by atoms with Gasteiger partial charge in [-0.25, -0.2) is 4.79 Å². The van der Waals surface area contributed by atoms with Gasteiger partial charge in [0.05, 0.1) is 0 Å². The molecule has 0 aromatic rings. The van der Waals surface area contributed by atoms with Crippen molar-refractivity contribution in [3.63, 3.8) is 0 Å². The first kappa shape index (κ1) is 15.9. The lowest BCUT2D eigenvalue weighted by Gasteiger charge is -2.16. The largest absolute Gasteiger partial charge is 0.480 e. The van der Waals surface area contributed by atoms with Crippen molar-refractivity contribution in [1.29, 1.82) is 0 Å². The molecule has 0 aliphatic carbocycles. The van der Waals surface area contributed by atoms with Crippen molar-refractivity contribution in [2.75, 3.05) is 0 Å². The average molecular weight is 258 g/mol. The number of hydrogen-bond acceptors (Lipinski definition) is 5. The third-order valence-corrected chi connectivity index (χ3v) is 2.07. The minimum Gasteiger partial charge on any atom is -0.480 e. The molecular weight excluding hydrogens is 244 g/mol. The highest BCUT2D eigenvalue weighted by molar-refractivity contribution is 5.84. The topological polar surface area (TPSA) is 150 Å². The van der Waals surface area contributed by atoms with Crippen LogP contribution in [0.5, 0.6) is 0 Å². The number of aliphatic carboxylic acids is 2. The molecule has 0 fully saturated rings. The van der Waals surface area contributed by atoms with Crippen LogP contribution in [0.2, 0.25) is 0 Å². The number of terminal acetylenes is 1. The summed E-state index contributed by atoms with van der Waals surface area (Å²) in [5.74, 6) is -1.73. The van der Waals surface area contributed by atoms with Crippen LogP contribution in [0.4, 0.5) is 0 Å². The van der Waals surface area contributed by atoms with E-state index in [2.05, 4.69) is 0 Å². The molecule has 18 heavy (non-hydrogen) atoms. The van der Waals surface area contributed by atoms with Gasteiger partial charge in [0, 0.05) is 6.42 Å². The second-order valence-electron chi connectivity index (χ2n) is 3.48. The van der Waals surface area contributed by atoms with Gasteiger partial charge in [0.15, 0.2) is 6.04 Å². The van der Waals surface area contributed by atoms with Gasteiger partial charge in [-0.2, -0.15) is 0 Å². The number of carboxylic acids is 2. The Labute approximate surface area is 103 Å². The van der Waals surface area contributed by atoms with E-state index in [-0.39, 0.29) is 12.8 Å². The third kappa shape index (κ3) is 5.29.